The Morgan fingerprint density at radius 3 is 2.50 bits per heavy atom. The molecule has 3 rings (SSSR count). The maximum absolute atomic E-state index is 12.2. The Labute approximate surface area is 129 Å². The Kier molecular flexibility index (Phi) is 3.25. The molecule has 0 aliphatic rings. The van der Waals surface area contributed by atoms with Crippen LogP contribution in [0.2, 0.25) is 0 Å². The van der Waals surface area contributed by atoms with Crippen molar-refractivity contribution in [3.63, 3.8) is 0 Å². The molecular weight excluding hydrogens is 367 g/mol. The molecule has 0 atom stereocenters. The zero-order valence-corrected chi connectivity index (χ0v) is 12.8. The molecule has 2 aromatic carbocycles. The summed E-state index contributed by atoms with van der Waals surface area (Å²) in [5.74, 6) is 0.0852. The maximum atomic E-state index is 12.2. The summed E-state index contributed by atoms with van der Waals surface area (Å²) in [6.07, 6.45) is 0. The average Bonchev–Trinajstić information content (AvgIpc) is 2.40. The minimum absolute atomic E-state index is 0.0852. The van der Waals surface area contributed by atoms with E-state index in [2.05, 4.69) is 22.6 Å². The van der Waals surface area contributed by atoms with Gasteiger partial charge < -0.3 is 9.52 Å². The molecule has 0 spiro atoms. The molecule has 0 aliphatic heterocycles. The van der Waals surface area contributed by atoms with Crippen LogP contribution in [0.5, 0.6) is 5.75 Å². The van der Waals surface area contributed by atoms with E-state index in [1.807, 2.05) is 31.2 Å². The van der Waals surface area contributed by atoms with Gasteiger partial charge in [0.1, 0.15) is 11.3 Å². The molecule has 1 heterocycles. The predicted octanol–water partition coefficient (Wildman–Crippen LogP) is 4.08. The van der Waals surface area contributed by atoms with Crippen molar-refractivity contribution in [2.24, 2.45) is 0 Å². The second kappa shape index (κ2) is 4.94. The number of aryl methyl sites for hydroxylation is 1. The van der Waals surface area contributed by atoms with Crippen LogP contribution in [-0.4, -0.2) is 5.11 Å². The van der Waals surface area contributed by atoms with E-state index in [0.29, 0.717) is 11.1 Å². The molecule has 0 saturated carbocycles. The van der Waals surface area contributed by atoms with E-state index in [-0.39, 0.29) is 11.4 Å². The lowest BCUT2D eigenvalue weighted by Gasteiger charge is -2.08. The van der Waals surface area contributed by atoms with E-state index in [1.165, 1.54) is 6.07 Å². The lowest BCUT2D eigenvalue weighted by Crippen LogP contribution is -2.05. The summed E-state index contributed by atoms with van der Waals surface area (Å²) >= 11 is 2.22. The van der Waals surface area contributed by atoms with Crippen LogP contribution in [0.4, 0.5) is 0 Å². The normalized spacial score (nSPS) is 10.9. The van der Waals surface area contributed by atoms with Crippen molar-refractivity contribution in [1.29, 1.82) is 0 Å². The first-order valence-corrected chi connectivity index (χ1v) is 7.16. The number of hydrogen-bond donors (Lipinski definition) is 1. The van der Waals surface area contributed by atoms with Gasteiger partial charge in [0.15, 0.2) is 0 Å². The lowest BCUT2D eigenvalue weighted by molar-refractivity contribution is 0.473. The Balaban J connectivity index is 2.34. The van der Waals surface area contributed by atoms with Crippen molar-refractivity contribution in [2.75, 3.05) is 0 Å². The third kappa shape index (κ3) is 2.20. The van der Waals surface area contributed by atoms with Gasteiger partial charge in [-0.25, -0.2) is 4.79 Å². The Bertz CT molecular complexity index is 848. The molecular formula is C16H11IO3. The Morgan fingerprint density at radius 1 is 1.10 bits per heavy atom. The monoisotopic (exact) mass is 378 g/mol. The zero-order valence-electron chi connectivity index (χ0n) is 10.7. The van der Waals surface area contributed by atoms with Gasteiger partial charge in [0.2, 0.25) is 0 Å². The van der Waals surface area contributed by atoms with Gasteiger partial charge in [-0.05, 0) is 64.9 Å². The highest BCUT2D eigenvalue weighted by molar-refractivity contribution is 14.1. The predicted molar refractivity (Wildman–Crippen MR) is 87.0 cm³/mol. The van der Waals surface area contributed by atoms with Crippen molar-refractivity contribution in [1.82, 2.24) is 0 Å². The Morgan fingerprint density at radius 2 is 1.80 bits per heavy atom. The van der Waals surface area contributed by atoms with Crippen LogP contribution >= 0.6 is 22.6 Å². The second-order valence-electron chi connectivity index (χ2n) is 4.58. The second-order valence-corrected chi connectivity index (χ2v) is 5.82. The fourth-order valence-electron chi connectivity index (χ4n) is 2.29. The van der Waals surface area contributed by atoms with E-state index < -0.39 is 0 Å². The van der Waals surface area contributed by atoms with Crippen molar-refractivity contribution in [3.8, 4) is 16.9 Å². The highest BCUT2D eigenvalue weighted by atomic mass is 127. The van der Waals surface area contributed by atoms with E-state index in [1.54, 1.807) is 12.1 Å². The standard InChI is InChI=1S/C16H11IO3/c1-9-13-7-6-12(18)8-14(13)20-16(19)15(9)10-2-4-11(17)5-3-10/h2-8,18H,1H3. The number of rotatable bonds is 1. The molecule has 20 heavy (non-hydrogen) atoms. The smallest absolute Gasteiger partial charge is 0.344 e. The van der Waals surface area contributed by atoms with Gasteiger partial charge >= 0.3 is 5.63 Å². The fourth-order valence-corrected chi connectivity index (χ4v) is 2.65. The summed E-state index contributed by atoms with van der Waals surface area (Å²) in [6, 6.07) is 12.5. The van der Waals surface area contributed by atoms with Gasteiger partial charge in [0.25, 0.3) is 0 Å². The minimum atomic E-state index is -0.387. The van der Waals surface area contributed by atoms with Crippen LogP contribution in [-0.2, 0) is 0 Å². The summed E-state index contributed by atoms with van der Waals surface area (Å²) in [4.78, 5) is 12.2. The number of benzene rings is 2. The topological polar surface area (TPSA) is 50.4 Å². The van der Waals surface area contributed by atoms with Gasteiger partial charge in [-0.2, -0.15) is 0 Å². The number of hydrogen-bond acceptors (Lipinski definition) is 3. The number of phenolic OH excluding ortho intramolecular Hbond substituents is 1. The summed E-state index contributed by atoms with van der Waals surface area (Å²) in [5, 5.41) is 10.3. The molecule has 100 valence electrons. The van der Waals surface area contributed by atoms with E-state index in [0.717, 1.165) is 20.1 Å². The van der Waals surface area contributed by atoms with Crippen LogP contribution in [0.25, 0.3) is 22.1 Å². The molecule has 0 aliphatic carbocycles. The summed E-state index contributed by atoms with van der Waals surface area (Å²) in [5.41, 5.74) is 2.28. The first kappa shape index (κ1) is 13.2. The summed E-state index contributed by atoms with van der Waals surface area (Å²) in [7, 11) is 0. The lowest BCUT2D eigenvalue weighted by atomic mass is 10.00. The first-order valence-electron chi connectivity index (χ1n) is 6.08. The zero-order chi connectivity index (χ0) is 14.3. The number of fused-ring (bicyclic) bond motifs is 1. The van der Waals surface area contributed by atoms with E-state index >= 15 is 0 Å². The Hall–Kier alpha value is -1.82. The quantitative estimate of drug-likeness (QED) is 0.513. The fraction of sp³-hybridized carbons (Fsp3) is 0.0625. The maximum Gasteiger partial charge on any atom is 0.344 e. The first-order chi connectivity index (χ1) is 9.56. The third-order valence-electron chi connectivity index (χ3n) is 3.28. The van der Waals surface area contributed by atoms with Crippen LogP contribution in [0.15, 0.2) is 51.7 Å². The molecule has 0 radical (unpaired) electrons. The highest BCUT2D eigenvalue weighted by Gasteiger charge is 2.13. The van der Waals surface area contributed by atoms with Gasteiger partial charge in [0.05, 0.1) is 5.56 Å². The van der Waals surface area contributed by atoms with Crippen LogP contribution in [0.3, 0.4) is 0 Å². The van der Waals surface area contributed by atoms with Gasteiger partial charge in [0, 0.05) is 15.0 Å². The summed E-state index contributed by atoms with van der Waals surface area (Å²) in [6.45, 7) is 1.89. The number of phenols is 1. The van der Waals surface area contributed by atoms with Crippen molar-refractivity contribution in [2.45, 2.75) is 6.92 Å². The van der Waals surface area contributed by atoms with Gasteiger partial charge in [-0.15, -0.1) is 0 Å². The highest BCUT2D eigenvalue weighted by Crippen LogP contribution is 2.28. The molecule has 0 saturated heterocycles. The average molecular weight is 378 g/mol. The third-order valence-corrected chi connectivity index (χ3v) is 4.00. The summed E-state index contributed by atoms with van der Waals surface area (Å²) < 4.78 is 6.43. The number of aromatic hydroxyl groups is 1. The van der Waals surface area contributed by atoms with E-state index in [9.17, 15) is 9.90 Å². The van der Waals surface area contributed by atoms with Crippen molar-refractivity contribution < 1.29 is 9.52 Å². The van der Waals surface area contributed by atoms with Crippen LogP contribution < -0.4 is 5.63 Å². The van der Waals surface area contributed by atoms with Crippen LogP contribution in [0.1, 0.15) is 5.56 Å². The molecule has 0 bridgehead atoms. The molecule has 1 N–H and O–H groups in total. The molecule has 3 nitrogen and oxygen atoms in total. The molecule has 0 unspecified atom stereocenters. The van der Waals surface area contributed by atoms with Gasteiger partial charge in [-0.3, -0.25) is 0 Å². The molecule has 1 aromatic heterocycles. The van der Waals surface area contributed by atoms with Gasteiger partial charge in [-0.1, -0.05) is 12.1 Å². The molecule has 0 fully saturated rings. The van der Waals surface area contributed by atoms with Crippen LogP contribution in [0, 0.1) is 10.5 Å². The van der Waals surface area contributed by atoms with Crippen molar-refractivity contribution >= 4 is 33.6 Å². The number of halogens is 1. The molecule has 4 heteroatoms. The molecule has 0 amide bonds. The largest absolute Gasteiger partial charge is 0.508 e. The minimum Gasteiger partial charge on any atom is -0.508 e. The van der Waals surface area contributed by atoms with Crippen molar-refractivity contribution in [3.05, 3.63) is 62.0 Å². The molecule has 3 aromatic rings. The van der Waals surface area contributed by atoms with E-state index in [4.69, 9.17) is 4.42 Å². The SMILES string of the molecule is Cc1c(-c2ccc(I)cc2)c(=O)oc2cc(O)ccc12.